The average molecular weight is 302 g/mol. The lowest BCUT2D eigenvalue weighted by Crippen LogP contribution is -2.43. The van der Waals surface area contributed by atoms with Crippen LogP contribution in [0.3, 0.4) is 0 Å². The van der Waals surface area contributed by atoms with E-state index in [1.54, 1.807) is 0 Å². The van der Waals surface area contributed by atoms with E-state index in [1.165, 1.54) is 27.9 Å². The Kier molecular flexibility index (Phi) is 4.26. The predicted molar refractivity (Wildman–Crippen MR) is 99.1 cm³/mol. The Hall–Kier alpha value is -2.12. The quantitative estimate of drug-likeness (QED) is 0.592. The molecule has 0 aliphatic rings. The molecule has 0 N–H and O–H groups in total. The van der Waals surface area contributed by atoms with Crippen LogP contribution in [0.1, 0.15) is 5.56 Å². The van der Waals surface area contributed by atoms with Gasteiger partial charge in [0.05, 0.1) is 8.07 Å². The van der Waals surface area contributed by atoms with Crippen molar-refractivity contribution in [3.63, 3.8) is 0 Å². The van der Waals surface area contributed by atoms with Gasteiger partial charge in [0.25, 0.3) is 0 Å². The van der Waals surface area contributed by atoms with E-state index in [-0.39, 0.29) is 0 Å². The van der Waals surface area contributed by atoms with Gasteiger partial charge in [-0.3, -0.25) is 0 Å². The van der Waals surface area contributed by atoms with Crippen molar-refractivity contribution in [2.24, 2.45) is 0 Å². The summed E-state index contributed by atoms with van der Waals surface area (Å²) in [6.07, 6.45) is 0. The maximum atomic E-state index is 2.46. The lowest BCUT2D eigenvalue weighted by molar-refractivity contribution is 1.32. The Morgan fingerprint density at radius 1 is 0.591 bits per heavy atom. The van der Waals surface area contributed by atoms with Gasteiger partial charge in [0.1, 0.15) is 0 Å². The van der Waals surface area contributed by atoms with Crippen LogP contribution in [0.5, 0.6) is 0 Å². The first-order valence-electron chi connectivity index (χ1n) is 7.85. The minimum atomic E-state index is -1.44. The van der Waals surface area contributed by atoms with E-state index < -0.39 is 8.07 Å². The third-order valence-electron chi connectivity index (χ3n) is 4.26. The van der Waals surface area contributed by atoms with Gasteiger partial charge in [0.15, 0.2) is 0 Å². The van der Waals surface area contributed by atoms with Crippen LogP contribution in [-0.2, 0) is 6.04 Å². The molecule has 0 saturated heterocycles. The summed E-state index contributed by atoms with van der Waals surface area (Å²) in [5.41, 5.74) is 4.04. The SMILES string of the molecule is C[Si](C)(Cc1ccccc1)c1ccc(-c2ccccc2)cc1. The smallest absolute Gasteiger partial charge is 0.0652 e. The molecular weight excluding hydrogens is 280 g/mol. The van der Waals surface area contributed by atoms with Gasteiger partial charge < -0.3 is 0 Å². The molecule has 110 valence electrons. The molecule has 0 aliphatic heterocycles. The molecule has 22 heavy (non-hydrogen) atoms. The third-order valence-corrected chi connectivity index (χ3v) is 7.45. The Morgan fingerprint density at radius 2 is 1.09 bits per heavy atom. The second-order valence-electron chi connectivity index (χ2n) is 6.49. The van der Waals surface area contributed by atoms with Gasteiger partial charge in [-0.1, -0.05) is 109 Å². The Labute approximate surface area is 134 Å². The highest BCUT2D eigenvalue weighted by atomic mass is 28.3. The van der Waals surface area contributed by atoms with E-state index in [9.17, 15) is 0 Å². The molecule has 0 radical (unpaired) electrons. The maximum absolute atomic E-state index is 2.46. The molecule has 1 heteroatoms. The van der Waals surface area contributed by atoms with Crippen LogP contribution < -0.4 is 5.19 Å². The average Bonchev–Trinajstić information content (AvgIpc) is 2.56. The lowest BCUT2D eigenvalue weighted by atomic mass is 10.1. The number of benzene rings is 3. The van der Waals surface area contributed by atoms with Gasteiger partial charge in [-0.05, 0) is 17.2 Å². The first-order chi connectivity index (χ1) is 10.6. The molecule has 0 saturated carbocycles. The first-order valence-corrected chi connectivity index (χ1v) is 11.1. The molecule has 0 amide bonds. The van der Waals surface area contributed by atoms with Crippen molar-refractivity contribution < 1.29 is 0 Å². The number of hydrogen-bond acceptors (Lipinski definition) is 0. The molecule has 3 aromatic carbocycles. The fraction of sp³-hybridized carbons (Fsp3) is 0.143. The monoisotopic (exact) mass is 302 g/mol. The standard InChI is InChI=1S/C21H22Si/c1-22(2,17-18-9-5-3-6-10-18)21-15-13-20(14-16-21)19-11-7-4-8-12-19/h3-16H,17H2,1-2H3. The highest BCUT2D eigenvalue weighted by Gasteiger charge is 2.23. The van der Waals surface area contributed by atoms with Crippen molar-refractivity contribution in [1.82, 2.24) is 0 Å². The molecule has 0 fully saturated rings. The molecule has 0 heterocycles. The van der Waals surface area contributed by atoms with Gasteiger partial charge in [0.2, 0.25) is 0 Å². The van der Waals surface area contributed by atoms with Crippen LogP contribution in [-0.4, -0.2) is 8.07 Å². The van der Waals surface area contributed by atoms with Crippen LogP contribution in [0.2, 0.25) is 13.1 Å². The predicted octanol–water partition coefficient (Wildman–Crippen LogP) is 5.05. The van der Waals surface area contributed by atoms with E-state index in [4.69, 9.17) is 0 Å². The Morgan fingerprint density at radius 3 is 1.68 bits per heavy atom. The molecular formula is C21H22Si. The summed E-state index contributed by atoms with van der Waals surface area (Å²) in [6.45, 7) is 4.91. The van der Waals surface area contributed by atoms with E-state index in [0.717, 1.165) is 0 Å². The Balaban J connectivity index is 1.82. The van der Waals surface area contributed by atoms with Crippen LogP contribution >= 0.6 is 0 Å². The largest absolute Gasteiger partial charge is 0.0849 e. The second-order valence-corrected chi connectivity index (χ2v) is 11.2. The van der Waals surface area contributed by atoms with E-state index >= 15 is 0 Å². The molecule has 0 unspecified atom stereocenters. The van der Waals surface area contributed by atoms with Crippen molar-refractivity contribution in [3.8, 4) is 11.1 Å². The fourth-order valence-corrected chi connectivity index (χ4v) is 5.48. The maximum Gasteiger partial charge on any atom is 0.0849 e. The van der Waals surface area contributed by atoms with Crippen molar-refractivity contribution >= 4 is 13.3 Å². The van der Waals surface area contributed by atoms with Crippen LogP contribution in [0.25, 0.3) is 11.1 Å². The number of hydrogen-bond donors (Lipinski definition) is 0. The summed E-state index contributed by atoms with van der Waals surface area (Å²) in [6, 6.07) is 31.8. The van der Waals surface area contributed by atoms with Crippen LogP contribution in [0.15, 0.2) is 84.9 Å². The number of rotatable bonds is 4. The highest BCUT2D eigenvalue weighted by molar-refractivity contribution is 6.89. The molecule has 0 nitrogen and oxygen atoms in total. The third kappa shape index (κ3) is 3.37. The van der Waals surface area contributed by atoms with Crippen molar-refractivity contribution in [2.45, 2.75) is 19.1 Å². The first kappa shape index (κ1) is 14.8. The molecule has 0 spiro atoms. The zero-order valence-electron chi connectivity index (χ0n) is 13.3. The molecule has 3 rings (SSSR count). The summed E-state index contributed by atoms with van der Waals surface area (Å²) < 4.78 is 0. The van der Waals surface area contributed by atoms with Gasteiger partial charge in [0, 0.05) is 0 Å². The molecule has 0 atom stereocenters. The van der Waals surface area contributed by atoms with E-state index in [2.05, 4.69) is 98.0 Å². The molecule has 0 aromatic heterocycles. The zero-order valence-corrected chi connectivity index (χ0v) is 14.3. The fourth-order valence-electron chi connectivity index (χ4n) is 2.95. The zero-order chi connectivity index (χ0) is 15.4. The summed E-state index contributed by atoms with van der Waals surface area (Å²) in [5, 5.41) is 1.52. The van der Waals surface area contributed by atoms with E-state index in [0.29, 0.717) is 0 Å². The molecule has 0 aliphatic carbocycles. The topological polar surface area (TPSA) is 0 Å². The Bertz CT molecular complexity index is 713. The minimum absolute atomic E-state index is 1.19. The second kappa shape index (κ2) is 6.33. The van der Waals surface area contributed by atoms with E-state index in [1.807, 2.05) is 0 Å². The van der Waals surface area contributed by atoms with Crippen molar-refractivity contribution in [2.75, 3.05) is 0 Å². The summed E-state index contributed by atoms with van der Waals surface area (Å²) in [7, 11) is -1.44. The van der Waals surface area contributed by atoms with Crippen LogP contribution in [0, 0.1) is 0 Å². The van der Waals surface area contributed by atoms with Crippen LogP contribution in [0.4, 0.5) is 0 Å². The van der Waals surface area contributed by atoms with Gasteiger partial charge in [-0.15, -0.1) is 0 Å². The van der Waals surface area contributed by atoms with Gasteiger partial charge >= 0.3 is 0 Å². The summed E-state index contributed by atoms with van der Waals surface area (Å²) >= 11 is 0. The highest BCUT2D eigenvalue weighted by Crippen LogP contribution is 2.19. The van der Waals surface area contributed by atoms with Crippen molar-refractivity contribution in [1.29, 1.82) is 0 Å². The van der Waals surface area contributed by atoms with Gasteiger partial charge in [-0.25, -0.2) is 0 Å². The van der Waals surface area contributed by atoms with Gasteiger partial charge in [-0.2, -0.15) is 0 Å². The molecule has 0 bridgehead atoms. The molecule has 3 aromatic rings. The normalized spacial score (nSPS) is 11.4. The minimum Gasteiger partial charge on any atom is -0.0652 e. The van der Waals surface area contributed by atoms with Crippen molar-refractivity contribution in [3.05, 3.63) is 90.5 Å². The summed E-state index contributed by atoms with van der Waals surface area (Å²) in [4.78, 5) is 0. The lowest BCUT2D eigenvalue weighted by Gasteiger charge is -2.23. The summed E-state index contributed by atoms with van der Waals surface area (Å²) in [5.74, 6) is 0.